The molecule has 0 aliphatic carbocycles. The third kappa shape index (κ3) is 4.38. The summed E-state index contributed by atoms with van der Waals surface area (Å²) in [6.45, 7) is 6.48. The van der Waals surface area contributed by atoms with Crippen molar-refractivity contribution in [2.75, 3.05) is 13.1 Å². The maximum Gasteiger partial charge on any atom is 0.410 e. The number of alkyl halides is 1. The van der Waals surface area contributed by atoms with Crippen molar-refractivity contribution in [1.82, 2.24) is 4.90 Å². The average Bonchev–Trinajstić information content (AvgIpc) is 2.26. The number of hydrogen-bond donors (Lipinski definition) is 0. The van der Waals surface area contributed by atoms with E-state index in [4.69, 9.17) is 16.3 Å². The van der Waals surface area contributed by atoms with Gasteiger partial charge in [-0.2, -0.15) is 0 Å². The molecule has 1 unspecified atom stereocenters. The van der Waals surface area contributed by atoms with E-state index in [1.807, 2.05) is 26.8 Å². The van der Waals surface area contributed by atoms with Crippen molar-refractivity contribution >= 4 is 24.0 Å². The van der Waals surface area contributed by atoms with Crippen LogP contribution in [0, 0.1) is 0 Å². The minimum absolute atomic E-state index is 0.329. The Morgan fingerprint density at radius 3 is 2.65 bits per heavy atom. The van der Waals surface area contributed by atoms with E-state index in [9.17, 15) is 9.59 Å². The fourth-order valence-electron chi connectivity index (χ4n) is 1.52. The summed E-state index contributed by atoms with van der Waals surface area (Å²) in [6, 6.07) is 0. The van der Waals surface area contributed by atoms with Crippen LogP contribution >= 0.6 is 11.6 Å². The third-order valence-corrected chi connectivity index (χ3v) is 2.75. The Labute approximate surface area is 107 Å². The van der Waals surface area contributed by atoms with E-state index < -0.39 is 11.0 Å². The highest BCUT2D eigenvalue weighted by molar-refractivity contribution is 6.29. The molecule has 1 rings (SSSR count). The van der Waals surface area contributed by atoms with Crippen LogP contribution in [0.3, 0.4) is 0 Å². The summed E-state index contributed by atoms with van der Waals surface area (Å²) in [7, 11) is 0. The van der Waals surface area contributed by atoms with Gasteiger partial charge < -0.3 is 14.4 Å². The number of amides is 1. The molecule has 0 bridgehead atoms. The van der Waals surface area contributed by atoms with Crippen LogP contribution in [0.1, 0.15) is 27.2 Å². The van der Waals surface area contributed by atoms with Gasteiger partial charge in [-0.1, -0.05) is 6.08 Å². The van der Waals surface area contributed by atoms with E-state index in [0.29, 0.717) is 25.8 Å². The normalized spacial score (nSPS) is 18.4. The van der Waals surface area contributed by atoms with Crippen molar-refractivity contribution in [2.24, 2.45) is 0 Å². The van der Waals surface area contributed by atoms with Crippen molar-refractivity contribution in [3.8, 4) is 0 Å². The van der Waals surface area contributed by atoms with Gasteiger partial charge in [0.1, 0.15) is 17.3 Å². The zero-order valence-electron chi connectivity index (χ0n) is 10.4. The fourth-order valence-corrected chi connectivity index (χ4v) is 1.71. The molecular formula is C12H18ClNO3. The molecule has 0 aromatic carbocycles. The first kappa shape index (κ1) is 14.0. The summed E-state index contributed by atoms with van der Waals surface area (Å²) in [5.41, 5.74) is 0.389. The second-order valence-corrected chi connectivity index (χ2v) is 5.46. The predicted octanol–water partition coefficient (Wildman–Crippen LogP) is 2.36. The molecule has 0 saturated carbocycles. The van der Waals surface area contributed by atoms with Crippen LogP contribution in [0.15, 0.2) is 11.6 Å². The Hall–Kier alpha value is -1.03. The molecule has 0 fully saturated rings. The van der Waals surface area contributed by atoms with E-state index in [-0.39, 0.29) is 6.09 Å². The van der Waals surface area contributed by atoms with Gasteiger partial charge in [-0.05, 0) is 32.8 Å². The number of rotatable bonds is 2. The maximum absolute atomic E-state index is 11.7. The highest BCUT2D eigenvalue weighted by atomic mass is 35.5. The van der Waals surface area contributed by atoms with E-state index in [2.05, 4.69) is 0 Å². The predicted molar refractivity (Wildman–Crippen MR) is 66.2 cm³/mol. The van der Waals surface area contributed by atoms with Crippen molar-refractivity contribution in [2.45, 2.75) is 38.2 Å². The van der Waals surface area contributed by atoms with Crippen LogP contribution in [0.4, 0.5) is 4.79 Å². The van der Waals surface area contributed by atoms with E-state index in [1.165, 1.54) is 0 Å². The molecule has 1 aliphatic heterocycles. The number of nitrogens with zero attached hydrogens (tertiary/aromatic N) is 1. The second-order valence-electron chi connectivity index (χ2n) is 4.99. The van der Waals surface area contributed by atoms with Gasteiger partial charge in [0.15, 0.2) is 0 Å². The smallest absolute Gasteiger partial charge is 0.410 e. The maximum atomic E-state index is 11.7. The van der Waals surface area contributed by atoms with Crippen molar-refractivity contribution < 1.29 is 14.3 Å². The van der Waals surface area contributed by atoms with Crippen LogP contribution < -0.4 is 0 Å². The topological polar surface area (TPSA) is 46.6 Å². The first-order valence-electron chi connectivity index (χ1n) is 5.59. The number of halogens is 1. The van der Waals surface area contributed by atoms with Gasteiger partial charge >= 0.3 is 6.09 Å². The summed E-state index contributed by atoms with van der Waals surface area (Å²) in [4.78, 5) is 23.9. The number of carbonyl (C=O) groups excluding carboxylic acids is 2. The molecular weight excluding hydrogens is 242 g/mol. The lowest BCUT2D eigenvalue weighted by molar-refractivity contribution is -0.107. The number of ether oxygens (including phenoxy) is 1. The Morgan fingerprint density at radius 2 is 2.24 bits per heavy atom. The molecule has 96 valence electrons. The molecule has 0 aromatic heterocycles. The summed E-state index contributed by atoms with van der Waals surface area (Å²) in [6.07, 6.45) is 2.81. The van der Waals surface area contributed by atoms with Crippen molar-refractivity contribution in [3.05, 3.63) is 11.6 Å². The first-order valence-corrected chi connectivity index (χ1v) is 6.03. The third-order valence-electron chi connectivity index (χ3n) is 2.37. The lowest BCUT2D eigenvalue weighted by Gasteiger charge is -2.29. The fraction of sp³-hybridized carbons (Fsp3) is 0.667. The Morgan fingerprint density at radius 1 is 1.59 bits per heavy atom. The lowest BCUT2D eigenvalue weighted by atomic mass is 10.1. The average molecular weight is 260 g/mol. The summed E-state index contributed by atoms with van der Waals surface area (Å²) in [5.74, 6) is 0. The van der Waals surface area contributed by atoms with Crippen LogP contribution in [-0.4, -0.2) is 41.3 Å². The van der Waals surface area contributed by atoms with Gasteiger partial charge in [-0.3, -0.25) is 0 Å². The van der Waals surface area contributed by atoms with Gasteiger partial charge in [0, 0.05) is 13.1 Å². The van der Waals surface area contributed by atoms with Crippen LogP contribution in [0.25, 0.3) is 0 Å². The van der Waals surface area contributed by atoms with Gasteiger partial charge in [0.05, 0.1) is 0 Å². The van der Waals surface area contributed by atoms with Gasteiger partial charge in [-0.25, -0.2) is 4.79 Å². The zero-order chi connectivity index (χ0) is 13.1. The quantitative estimate of drug-likeness (QED) is 0.435. The van der Waals surface area contributed by atoms with Crippen molar-refractivity contribution in [1.29, 1.82) is 0 Å². The van der Waals surface area contributed by atoms with Gasteiger partial charge in [-0.15, -0.1) is 11.6 Å². The van der Waals surface area contributed by atoms with Crippen molar-refractivity contribution in [3.63, 3.8) is 0 Å². The summed E-state index contributed by atoms with van der Waals surface area (Å²) < 4.78 is 5.25. The molecule has 1 heterocycles. The lowest BCUT2D eigenvalue weighted by Crippen LogP contribution is -2.39. The van der Waals surface area contributed by atoms with Crippen LogP contribution in [0.5, 0.6) is 0 Å². The molecule has 0 radical (unpaired) electrons. The molecule has 0 aromatic rings. The Bertz CT molecular complexity index is 333. The molecule has 0 spiro atoms. The molecule has 5 heteroatoms. The zero-order valence-corrected chi connectivity index (χ0v) is 11.2. The second kappa shape index (κ2) is 5.54. The Kier molecular flexibility index (Phi) is 4.57. The molecule has 0 saturated heterocycles. The molecule has 4 nitrogen and oxygen atoms in total. The largest absolute Gasteiger partial charge is 0.444 e. The van der Waals surface area contributed by atoms with E-state index in [0.717, 1.165) is 5.57 Å². The Balaban J connectivity index is 2.54. The summed E-state index contributed by atoms with van der Waals surface area (Å²) in [5, 5.41) is -0.573. The minimum Gasteiger partial charge on any atom is -0.444 e. The van der Waals surface area contributed by atoms with Gasteiger partial charge in [0.25, 0.3) is 0 Å². The molecule has 0 N–H and O–H groups in total. The first-order chi connectivity index (χ1) is 7.83. The molecule has 1 aliphatic rings. The van der Waals surface area contributed by atoms with E-state index >= 15 is 0 Å². The summed E-state index contributed by atoms with van der Waals surface area (Å²) >= 11 is 5.81. The highest BCUT2D eigenvalue weighted by Crippen LogP contribution is 2.19. The number of hydrogen-bond acceptors (Lipinski definition) is 3. The number of carbonyl (C=O) groups is 2. The molecule has 17 heavy (non-hydrogen) atoms. The van der Waals surface area contributed by atoms with Crippen LogP contribution in [-0.2, 0) is 9.53 Å². The minimum atomic E-state index is -0.573. The SMILES string of the molecule is CC(C)(C)OC(=O)N1CC=C(C(Cl)C=O)CC1. The monoisotopic (exact) mass is 259 g/mol. The highest BCUT2D eigenvalue weighted by Gasteiger charge is 2.24. The van der Waals surface area contributed by atoms with Gasteiger partial charge in [0.2, 0.25) is 0 Å². The number of aldehydes is 1. The molecule has 1 amide bonds. The molecule has 1 atom stereocenters. The van der Waals surface area contributed by atoms with Crippen LogP contribution in [0.2, 0.25) is 0 Å². The standard InChI is InChI=1S/C12H18ClNO3/c1-12(2,3)17-11(16)14-6-4-9(5-7-14)10(13)8-15/h4,8,10H,5-7H2,1-3H3. The van der Waals surface area contributed by atoms with E-state index in [1.54, 1.807) is 4.90 Å².